The van der Waals surface area contributed by atoms with Crippen LogP contribution in [-0.4, -0.2) is 26.0 Å². The van der Waals surface area contributed by atoms with Gasteiger partial charge in [-0.3, -0.25) is 14.5 Å². The summed E-state index contributed by atoms with van der Waals surface area (Å²) < 4.78 is 5.26. The number of benzene rings is 3. The van der Waals surface area contributed by atoms with E-state index in [1.54, 1.807) is 54.3 Å². The van der Waals surface area contributed by atoms with E-state index in [0.29, 0.717) is 22.7 Å². The topological polar surface area (TPSA) is 61.9 Å². The number of nitrogens with one attached hydrogen (secondary N) is 1. The van der Waals surface area contributed by atoms with Crippen LogP contribution in [0.1, 0.15) is 15.9 Å². The normalized spacial score (nSPS) is 19.8. The van der Waals surface area contributed by atoms with Crippen LogP contribution in [0.3, 0.4) is 0 Å². The average molecular weight is 385 g/mol. The second-order valence-corrected chi connectivity index (χ2v) is 7.10. The van der Waals surface area contributed by atoms with E-state index in [9.17, 15) is 9.59 Å². The molecule has 6 heteroatoms. The standard InChI is InChI=1S/C23H19N3O3/c1-25-20-10-6-4-8-18(20)23(22(25)28)24-19-9-5-3-7-17(19)21(27)26(23)15-11-13-16(29-2)14-12-15/h3-14,24H,1-2H3/t23-/m0/s1. The van der Waals surface area contributed by atoms with Gasteiger partial charge in [-0.25, -0.2) is 0 Å². The minimum Gasteiger partial charge on any atom is -0.497 e. The maximum Gasteiger partial charge on any atom is 0.278 e. The summed E-state index contributed by atoms with van der Waals surface area (Å²) in [4.78, 5) is 30.5. The highest BCUT2D eigenvalue weighted by molar-refractivity contribution is 6.22. The van der Waals surface area contributed by atoms with Gasteiger partial charge in [-0.1, -0.05) is 30.3 Å². The summed E-state index contributed by atoms with van der Waals surface area (Å²) in [5.41, 5.74) is 1.93. The Hall–Kier alpha value is -3.80. The molecule has 144 valence electrons. The van der Waals surface area contributed by atoms with Gasteiger partial charge in [0.25, 0.3) is 11.8 Å². The molecular weight excluding hydrogens is 366 g/mol. The molecule has 2 aliphatic heterocycles. The van der Waals surface area contributed by atoms with E-state index >= 15 is 0 Å². The van der Waals surface area contributed by atoms with Gasteiger partial charge in [0.1, 0.15) is 5.75 Å². The number of rotatable bonds is 2. The zero-order valence-electron chi connectivity index (χ0n) is 16.0. The number of hydrogen-bond donors (Lipinski definition) is 1. The molecule has 1 spiro atoms. The Bertz CT molecular complexity index is 1140. The molecule has 0 radical (unpaired) electrons. The van der Waals surface area contributed by atoms with E-state index in [0.717, 1.165) is 11.3 Å². The summed E-state index contributed by atoms with van der Waals surface area (Å²) in [7, 11) is 3.32. The number of ether oxygens (including phenoxy) is 1. The Balaban J connectivity index is 1.80. The molecule has 0 aliphatic carbocycles. The van der Waals surface area contributed by atoms with Crippen LogP contribution in [0.25, 0.3) is 0 Å². The van der Waals surface area contributed by atoms with Crippen LogP contribution in [0.15, 0.2) is 72.8 Å². The average Bonchev–Trinajstić information content (AvgIpc) is 2.97. The van der Waals surface area contributed by atoms with Crippen molar-refractivity contribution in [2.45, 2.75) is 5.66 Å². The zero-order chi connectivity index (χ0) is 20.2. The Morgan fingerprint density at radius 2 is 1.59 bits per heavy atom. The van der Waals surface area contributed by atoms with Gasteiger partial charge in [0.05, 0.1) is 18.4 Å². The number of nitrogens with zero attached hydrogens (tertiary/aromatic N) is 2. The lowest BCUT2D eigenvalue weighted by atomic mass is 9.92. The molecule has 2 aliphatic rings. The number of likely N-dealkylation sites (N-methyl/N-ethyl adjacent to an activating group) is 1. The van der Waals surface area contributed by atoms with Crippen LogP contribution in [0, 0.1) is 0 Å². The van der Waals surface area contributed by atoms with Gasteiger partial charge in [0.2, 0.25) is 5.66 Å². The maximum atomic E-state index is 13.7. The fraction of sp³-hybridized carbons (Fsp3) is 0.130. The molecule has 3 aromatic carbocycles. The number of fused-ring (bicyclic) bond motifs is 3. The lowest BCUT2D eigenvalue weighted by Gasteiger charge is -2.44. The smallest absolute Gasteiger partial charge is 0.278 e. The first-order chi connectivity index (χ1) is 14.1. The molecule has 1 N–H and O–H groups in total. The van der Waals surface area contributed by atoms with E-state index < -0.39 is 5.66 Å². The quantitative estimate of drug-likeness (QED) is 0.732. The van der Waals surface area contributed by atoms with Crippen LogP contribution in [0.2, 0.25) is 0 Å². The third-order valence-corrected chi connectivity index (χ3v) is 5.61. The van der Waals surface area contributed by atoms with Gasteiger partial charge >= 0.3 is 0 Å². The third-order valence-electron chi connectivity index (χ3n) is 5.61. The lowest BCUT2D eigenvalue weighted by molar-refractivity contribution is -0.121. The molecular formula is C23H19N3O3. The highest BCUT2D eigenvalue weighted by Gasteiger charge is 2.58. The Kier molecular flexibility index (Phi) is 3.64. The molecule has 1 atom stereocenters. The number of anilines is 3. The number of methoxy groups -OCH3 is 1. The summed E-state index contributed by atoms with van der Waals surface area (Å²) in [6.45, 7) is 0. The summed E-state index contributed by atoms with van der Waals surface area (Å²) in [6.07, 6.45) is 0. The van der Waals surface area contributed by atoms with Crippen molar-refractivity contribution in [1.29, 1.82) is 0 Å². The number of para-hydroxylation sites is 2. The summed E-state index contributed by atoms with van der Waals surface area (Å²) >= 11 is 0. The number of carbonyl (C=O) groups excluding carboxylic acids is 2. The van der Waals surface area contributed by atoms with Crippen LogP contribution in [0.5, 0.6) is 5.75 Å². The summed E-state index contributed by atoms with van der Waals surface area (Å²) in [5, 5.41) is 3.40. The predicted octanol–water partition coefficient (Wildman–Crippen LogP) is 3.60. The molecule has 2 heterocycles. The lowest BCUT2D eigenvalue weighted by Crippen LogP contribution is -2.62. The first kappa shape index (κ1) is 17.3. The molecule has 0 saturated heterocycles. The number of carbonyl (C=O) groups is 2. The molecule has 29 heavy (non-hydrogen) atoms. The fourth-order valence-electron chi connectivity index (χ4n) is 4.22. The first-order valence-corrected chi connectivity index (χ1v) is 9.31. The molecule has 0 bridgehead atoms. The van der Waals surface area contributed by atoms with Gasteiger partial charge in [0, 0.05) is 24.0 Å². The SMILES string of the molecule is COc1ccc(N2C(=O)c3ccccc3N[C@]23C(=O)N(C)c2ccccc23)cc1. The van der Waals surface area contributed by atoms with Crippen molar-refractivity contribution in [3.05, 3.63) is 83.9 Å². The number of hydrogen-bond acceptors (Lipinski definition) is 4. The minimum atomic E-state index is -1.36. The van der Waals surface area contributed by atoms with Crippen molar-refractivity contribution in [2.75, 3.05) is 29.3 Å². The monoisotopic (exact) mass is 385 g/mol. The molecule has 0 unspecified atom stereocenters. The Labute approximate surface area is 168 Å². The highest BCUT2D eigenvalue weighted by Crippen LogP contribution is 2.49. The van der Waals surface area contributed by atoms with Crippen molar-refractivity contribution in [3.8, 4) is 5.75 Å². The molecule has 0 fully saturated rings. The second kappa shape index (κ2) is 6.10. The van der Waals surface area contributed by atoms with E-state index in [2.05, 4.69) is 5.32 Å². The van der Waals surface area contributed by atoms with Crippen LogP contribution in [0.4, 0.5) is 17.1 Å². The third kappa shape index (κ3) is 2.23. The second-order valence-electron chi connectivity index (χ2n) is 7.10. The van der Waals surface area contributed by atoms with Crippen molar-refractivity contribution < 1.29 is 14.3 Å². The van der Waals surface area contributed by atoms with Gasteiger partial charge in [-0.05, 0) is 42.5 Å². The highest BCUT2D eigenvalue weighted by atomic mass is 16.5. The summed E-state index contributed by atoms with van der Waals surface area (Å²) in [5.74, 6) is 0.233. The molecule has 6 nitrogen and oxygen atoms in total. The summed E-state index contributed by atoms with van der Waals surface area (Å²) in [6, 6.07) is 22.0. The molecule has 0 aromatic heterocycles. The Morgan fingerprint density at radius 1 is 0.897 bits per heavy atom. The van der Waals surface area contributed by atoms with Gasteiger partial charge in [-0.2, -0.15) is 0 Å². The van der Waals surface area contributed by atoms with Crippen molar-refractivity contribution in [1.82, 2.24) is 0 Å². The molecule has 3 aromatic rings. The van der Waals surface area contributed by atoms with Crippen LogP contribution < -0.4 is 19.9 Å². The fourth-order valence-corrected chi connectivity index (χ4v) is 4.22. The van der Waals surface area contributed by atoms with Crippen LogP contribution in [-0.2, 0) is 10.5 Å². The van der Waals surface area contributed by atoms with Gasteiger partial charge in [0.15, 0.2) is 0 Å². The van der Waals surface area contributed by atoms with Gasteiger partial charge < -0.3 is 15.0 Å². The largest absolute Gasteiger partial charge is 0.497 e. The number of amides is 2. The maximum absolute atomic E-state index is 13.7. The molecule has 5 rings (SSSR count). The van der Waals surface area contributed by atoms with E-state index in [1.165, 1.54) is 0 Å². The predicted molar refractivity (Wildman–Crippen MR) is 111 cm³/mol. The van der Waals surface area contributed by atoms with Gasteiger partial charge in [-0.15, -0.1) is 0 Å². The van der Waals surface area contributed by atoms with Crippen LogP contribution >= 0.6 is 0 Å². The molecule has 0 saturated carbocycles. The van der Waals surface area contributed by atoms with Crippen molar-refractivity contribution >= 4 is 28.9 Å². The van der Waals surface area contributed by atoms with E-state index in [1.807, 2.05) is 42.5 Å². The first-order valence-electron chi connectivity index (χ1n) is 9.31. The zero-order valence-corrected chi connectivity index (χ0v) is 16.0. The Morgan fingerprint density at radius 3 is 2.34 bits per heavy atom. The van der Waals surface area contributed by atoms with E-state index in [-0.39, 0.29) is 11.8 Å². The van der Waals surface area contributed by atoms with Crippen molar-refractivity contribution in [3.63, 3.8) is 0 Å². The van der Waals surface area contributed by atoms with E-state index in [4.69, 9.17) is 4.74 Å². The minimum absolute atomic E-state index is 0.211. The molecule has 2 amide bonds. The van der Waals surface area contributed by atoms with Crippen molar-refractivity contribution in [2.24, 2.45) is 0 Å².